The number of imide groups is 1. The fraction of sp³-hybridized carbons (Fsp3) is 0.704. The zero-order valence-electron chi connectivity index (χ0n) is 23.1. The summed E-state index contributed by atoms with van der Waals surface area (Å²) in [6, 6.07) is 3.03. The molecule has 0 aromatic carbocycles. The molecule has 4 amide bonds. The van der Waals surface area contributed by atoms with Gasteiger partial charge >= 0.3 is 12.1 Å². The molecular weight excluding hydrogens is 509 g/mol. The van der Waals surface area contributed by atoms with Gasteiger partial charge in [-0.3, -0.25) is 14.9 Å². The normalized spacial score (nSPS) is 23.6. The number of hydrogen-bond acceptors (Lipinski definition) is 7. The molecule has 2 atom stereocenters. The van der Waals surface area contributed by atoms with E-state index in [9.17, 15) is 23.6 Å². The van der Waals surface area contributed by atoms with Crippen molar-refractivity contribution in [1.29, 1.82) is 0 Å². The molecule has 39 heavy (non-hydrogen) atoms. The Morgan fingerprint density at radius 1 is 1.08 bits per heavy atom. The minimum atomic E-state index is -1.25. The summed E-state index contributed by atoms with van der Waals surface area (Å²) in [6.07, 6.45) is 1.65. The average Bonchev–Trinajstić information content (AvgIpc) is 2.87. The summed E-state index contributed by atoms with van der Waals surface area (Å²) >= 11 is 0. The van der Waals surface area contributed by atoms with E-state index in [1.165, 1.54) is 9.80 Å². The van der Waals surface area contributed by atoms with Crippen LogP contribution < -0.4 is 10.9 Å². The van der Waals surface area contributed by atoms with Crippen LogP contribution >= 0.6 is 0 Å². The molecule has 216 valence electrons. The average molecular weight is 550 g/mol. The van der Waals surface area contributed by atoms with Gasteiger partial charge in [-0.05, 0) is 46.1 Å². The Morgan fingerprint density at radius 3 is 2.49 bits per heavy atom. The maximum atomic E-state index is 14.8. The number of pyridine rings is 1. The highest BCUT2D eigenvalue weighted by atomic mass is 19.1. The minimum Gasteiger partial charge on any atom is -0.444 e. The Labute approximate surface area is 228 Å². The number of carbonyl (C=O) groups excluding carboxylic acids is 3. The number of aromatic nitrogens is 1. The predicted octanol–water partition coefficient (Wildman–Crippen LogP) is 2.12. The number of likely N-dealkylation sites (tertiary alicyclic amines) is 2. The Kier molecular flexibility index (Phi) is 9.27. The van der Waals surface area contributed by atoms with E-state index >= 15 is 0 Å². The van der Waals surface area contributed by atoms with Crippen molar-refractivity contribution in [3.8, 4) is 0 Å². The zero-order valence-corrected chi connectivity index (χ0v) is 23.1. The lowest BCUT2D eigenvalue weighted by atomic mass is 10.0. The maximum absolute atomic E-state index is 14.8. The van der Waals surface area contributed by atoms with Gasteiger partial charge in [-0.25, -0.2) is 14.0 Å². The largest absolute Gasteiger partial charge is 0.444 e. The third-order valence-corrected chi connectivity index (χ3v) is 7.29. The van der Waals surface area contributed by atoms with E-state index in [0.717, 1.165) is 25.9 Å². The fourth-order valence-electron chi connectivity index (χ4n) is 5.13. The standard InChI is InChI=1S/C27H40FN5O6/c1-27(2,3)39-26(37)33-13-8-22(21(28)18-33)38-20-6-11-30(12-7-20)15-16-31-10-4-5-19(24(31)35)17-32-14-9-23(34)29-25(32)36/h4-5,10,20-22H,6-9,11-18H2,1-3H3,(H,29,34,36)/t21-,22-/m1/s1. The molecule has 1 aromatic heterocycles. The van der Waals surface area contributed by atoms with Crippen molar-refractivity contribution in [2.45, 2.75) is 83.5 Å². The Hall–Kier alpha value is -2.99. The van der Waals surface area contributed by atoms with Gasteiger partial charge in [0.1, 0.15) is 11.8 Å². The first-order valence-electron chi connectivity index (χ1n) is 13.8. The lowest BCUT2D eigenvalue weighted by Crippen LogP contribution is -2.51. The van der Waals surface area contributed by atoms with Gasteiger partial charge in [0.15, 0.2) is 0 Å². The number of nitrogens with one attached hydrogen (secondary N) is 1. The number of rotatable bonds is 7. The molecule has 3 fully saturated rings. The topological polar surface area (TPSA) is 113 Å². The van der Waals surface area contributed by atoms with Gasteiger partial charge in [-0.2, -0.15) is 0 Å². The SMILES string of the molecule is CC(C)(C)OC(=O)N1CC[C@@H](OC2CCN(CCn3cccc(CN4CCC(=O)NC4=O)c3=O)CC2)[C@H](F)C1. The third kappa shape index (κ3) is 8.01. The highest BCUT2D eigenvalue weighted by Crippen LogP contribution is 2.24. The molecule has 1 aromatic rings. The van der Waals surface area contributed by atoms with Gasteiger partial charge in [0.2, 0.25) is 5.91 Å². The van der Waals surface area contributed by atoms with Crippen LogP contribution in [0.3, 0.4) is 0 Å². The molecule has 0 aliphatic carbocycles. The number of nitrogens with zero attached hydrogens (tertiary/aromatic N) is 4. The molecule has 3 saturated heterocycles. The van der Waals surface area contributed by atoms with Crippen LogP contribution in [0.2, 0.25) is 0 Å². The molecule has 1 N–H and O–H groups in total. The summed E-state index contributed by atoms with van der Waals surface area (Å²) in [5.41, 5.74) is -0.256. The van der Waals surface area contributed by atoms with Gasteiger partial charge < -0.3 is 28.7 Å². The second-order valence-corrected chi connectivity index (χ2v) is 11.5. The highest BCUT2D eigenvalue weighted by Gasteiger charge is 2.36. The number of carbonyl (C=O) groups is 3. The number of alkyl halides is 1. The Balaban J connectivity index is 1.20. The lowest BCUT2D eigenvalue weighted by molar-refractivity contribution is -0.121. The van der Waals surface area contributed by atoms with Gasteiger partial charge in [0, 0.05) is 57.4 Å². The molecule has 11 nitrogen and oxygen atoms in total. The fourth-order valence-corrected chi connectivity index (χ4v) is 5.13. The first kappa shape index (κ1) is 29.0. The molecule has 3 aliphatic rings. The molecule has 3 aliphatic heterocycles. The monoisotopic (exact) mass is 549 g/mol. The molecule has 0 unspecified atom stereocenters. The second-order valence-electron chi connectivity index (χ2n) is 11.5. The number of urea groups is 1. The Morgan fingerprint density at radius 2 is 1.82 bits per heavy atom. The second kappa shape index (κ2) is 12.5. The van der Waals surface area contributed by atoms with E-state index in [4.69, 9.17) is 9.47 Å². The number of amides is 4. The van der Waals surface area contributed by atoms with E-state index in [1.807, 2.05) is 0 Å². The summed E-state index contributed by atoms with van der Waals surface area (Å²) in [6.45, 7) is 8.99. The minimum absolute atomic E-state index is 0.0210. The first-order valence-corrected chi connectivity index (χ1v) is 13.8. The van der Waals surface area contributed by atoms with Crippen molar-refractivity contribution in [3.63, 3.8) is 0 Å². The molecule has 0 spiro atoms. The number of ether oxygens (including phenoxy) is 2. The predicted molar refractivity (Wildman–Crippen MR) is 141 cm³/mol. The summed E-state index contributed by atoms with van der Waals surface area (Å²) in [5.74, 6) is -0.302. The molecule has 0 saturated carbocycles. The highest BCUT2D eigenvalue weighted by molar-refractivity contribution is 5.96. The van der Waals surface area contributed by atoms with Crippen molar-refractivity contribution in [2.24, 2.45) is 0 Å². The van der Waals surface area contributed by atoms with Gasteiger partial charge in [0.25, 0.3) is 5.56 Å². The van der Waals surface area contributed by atoms with Gasteiger partial charge in [0.05, 0.1) is 25.3 Å². The Bertz CT molecular complexity index is 1100. The maximum Gasteiger partial charge on any atom is 0.410 e. The molecule has 4 rings (SSSR count). The lowest BCUT2D eigenvalue weighted by Gasteiger charge is -2.39. The summed E-state index contributed by atoms with van der Waals surface area (Å²) in [5, 5.41) is 2.28. The van der Waals surface area contributed by atoms with Crippen LogP contribution in [-0.2, 0) is 27.4 Å². The molecule has 0 bridgehead atoms. The van der Waals surface area contributed by atoms with Crippen LogP contribution in [0, 0.1) is 0 Å². The van der Waals surface area contributed by atoms with Crippen molar-refractivity contribution in [2.75, 3.05) is 39.3 Å². The van der Waals surface area contributed by atoms with Crippen molar-refractivity contribution in [3.05, 3.63) is 34.2 Å². The van der Waals surface area contributed by atoms with E-state index in [-0.39, 0.29) is 37.1 Å². The quantitative estimate of drug-likeness (QED) is 0.554. The summed E-state index contributed by atoms with van der Waals surface area (Å²) in [7, 11) is 0. The molecule has 0 radical (unpaired) electrons. The zero-order chi connectivity index (χ0) is 28.2. The summed E-state index contributed by atoms with van der Waals surface area (Å²) in [4.78, 5) is 53.7. The van der Waals surface area contributed by atoms with Gasteiger partial charge in [-0.15, -0.1) is 0 Å². The van der Waals surface area contributed by atoms with Crippen LogP contribution in [-0.4, -0.2) is 101 Å². The molecule has 12 heteroatoms. The van der Waals surface area contributed by atoms with Crippen LogP contribution in [0.1, 0.15) is 52.0 Å². The van der Waals surface area contributed by atoms with E-state index in [2.05, 4.69) is 10.2 Å². The molecule has 4 heterocycles. The number of halogens is 1. The van der Waals surface area contributed by atoms with Crippen molar-refractivity contribution >= 4 is 18.0 Å². The first-order chi connectivity index (χ1) is 18.5. The van der Waals surface area contributed by atoms with Gasteiger partial charge in [-0.1, -0.05) is 6.07 Å². The van der Waals surface area contributed by atoms with Crippen molar-refractivity contribution in [1.82, 2.24) is 24.6 Å². The number of piperidine rings is 2. The van der Waals surface area contributed by atoms with E-state index < -0.39 is 30.0 Å². The van der Waals surface area contributed by atoms with Crippen LogP contribution in [0.5, 0.6) is 0 Å². The van der Waals surface area contributed by atoms with E-state index in [1.54, 1.807) is 43.7 Å². The van der Waals surface area contributed by atoms with E-state index in [0.29, 0.717) is 38.2 Å². The summed E-state index contributed by atoms with van der Waals surface area (Å²) < 4.78 is 28.0. The number of hydrogen-bond donors (Lipinski definition) is 1. The van der Waals surface area contributed by atoms with Crippen LogP contribution in [0.25, 0.3) is 0 Å². The van der Waals surface area contributed by atoms with Crippen LogP contribution in [0.4, 0.5) is 14.0 Å². The smallest absolute Gasteiger partial charge is 0.410 e. The van der Waals surface area contributed by atoms with Crippen molar-refractivity contribution < 1.29 is 28.2 Å². The molecular formula is C27H40FN5O6. The van der Waals surface area contributed by atoms with Crippen LogP contribution in [0.15, 0.2) is 23.1 Å². The third-order valence-electron chi connectivity index (χ3n) is 7.29.